The number of ether oxygens (including phenoxy) is 8. The summed E-state index contributed by atoms with van der Waals surface area (Å²) < 4.78 is 44.1. The summed E-state index contributed by atoms with van der Waals surface area (Å²) in [4.78, 5) is 84.9. The zero-order valence-electron chi connectivity index (χ0n) is 46.3. The van der Waals surface area contributed by atoms with E-state index in [1.807, 2.05) is 34.9 Å². The normalized spacial score (nSPS) is 12.3. The van der Waals surface area contributed by atoms with Crippen molar-refractivity contribution in [1.82, 2.24) is 16.0 Å². The fourth-order valence-electron chi connectivity index (χ4n) is 6.92. The van der Waals surface area contributed by atoms with Crippen molar-refractivity contribution in [2.24, 2.45) is 0 Å². The SMILES string of the molecule is CC(C)(C)OC(=O)CCCCCCCCCCCCCCC(=O)N[C@@H](CCC(=O)NCCOCCOCC(=O)CCCOCCOCC(=O)NCC[N+](C)(C)CCOCCOCCC(=O)O)C(=O)OC(C)(C)C. The Morgan fingerprint density at radius 2 is 0.945 bits per heavy atom. The van der Waals surface area contributed by atoms with E-state index in [1.165, 1.54) is 32.1 Å². The molecule has 3 amide bonds. The first kappa shape index (κ1) is 69.2. The highest BCUT2D eigenvalue weighted by Crippen LogP contribution is 2.16. The number of amides is 3. The van der Waals surface area contributed by atoms with Crippen molar-refractivity contribution in [3.05, 3.63) is 0 Å². The molecule has 0 aromatic heterocycles. The van der Waals surface area contributed by atoms with Crippen LogP contribution in [-0.4, -0.2) is 188 Å². The van der Waals surface area contributed by atoms with E-state index in [0.717, 1.165) is 51.5 Å². The number of quaternary nitrogens is 1. The summed E-state index contributed by atoms with van der Waals surface area (Å²) in [5, 5.41) is 17.0. The van der Waals surface area contributed by atoms with E-state index < -0.39 is 29.2 Å². The van der Waals surface area contributed by atoms with E-state index in [1.54, 1.807) is 20.8 Å². The molecule has 0 saturated heterocycles. The third-order valence-electron chi connectivity index (χ3n) is 10.9. The third kappa shape index (κ3) is 50.2. The van der Waals surface area contributed by atoms with Crippen LogP contribution in [0, 0.1) is 0 Å². The van der Waals surface area contributed by atoms with Crippen molar-refractivity contribution < 1.29 is 81.0 Å². The largest absolute Gasteiger partial charge is 0.481 e. The second kappa shape index (κ2) is 43.4. The number of hydrogen-bond acceptors (Lipinski definition) is 15. The first-order valence-corrected chi connectivity index (χ1v) is 26.9. The Balaban J connectivity index is 3.95. The maximum absolute atomic E-state index is 12.9. The fourth-order valence-corrected chi connectivity index (χ4v) is 6.92. The Kier molecular flexibility index (Phi) is 41.2. The van der Waals surface area contributed by atoms with Crippen molar-refractivity contribution in [1.29, 1.82) is 0 Å². The van der Waals surface area contributed by atoms with Gasteiger partial charge in [0.25, 0.3) is 0 Å². The van der Waals surface area contributed by atoms with Crippen LogP contribution in [0.5, 0.6) is 0 Å². The fraction of sp³-hybridized carbons (Fsp3) is 0.868. The second-order valence-electron chi connectivity index (χ2n) is 20.9. The number of ketones is 1. The van der Waals surface area contributed by atoms with Gasteiger partial charge in [0.2, 0.25) is 17.7 Å². The Labute approximate surface area is 437 Å². The van der Waals surface area contributed by atoms with Crippen molar-refractivity contribution in [2.75, 3.05) is 120 Å². The maximum atomic E-state index is 12.9. The number of Topliss-reactive ketones (excluding diaryl/α,β-unsaturated/α-hetero) is 1. The Bertz CT molecular complexity index is 1500. The van der Waals surface area contributed by atoms with Crippen LogP contribution in [0.4, 0.5) is 0 Å². The molecule has 20 heteroatoms. The van der Waals surface area contributed by atoms with Gasteiger partial charge in [-0.3, -0.25) is 28.8 Å². The molecule has 0 radical (unpaired) electrons. The van der Waals surface area contributed by atoms with Crippen LogP contribution in [0.2, 0.25) is 0 Å². The first-order chi connectivity index (χ1) is 34.6. The van der Waals surface area contributed by atoms with E-state index in [9.17, 15) is 33.6 Å². The van der Waals surface area contributed by atoms with Gasteiger partial charge in [-0.05, 0) is 67.2 Å². The maximum Gasteiger partial charge on any atom is 0.329 e. The highest BCUT2D eigenvalue weighted by molar-refractivity contribution is 5.85. The van der Waals surface area contributed by atoms with Crippen LogP contribution in [0.1, 0.15) is 164 Å². The number of rotatable bonds is 49. The molecule has 426 valence electrons. The quantitative estimate of drug-likeness (QED) is 0.0328. The first-order valence-electron chi connectivity index (χ1n) is 26.9. The van der Waals surface area contributed by atoms with Crippen LogP contribution in [-0.2, 0) is 71.5 Å². The molecular weight excluding hydrogens is 949 g/mol. The summed E-state index contributed by atoms with van der Waals surface area (Å²) in [6, 6.07) is -0.940. The Morgan fingerprint density at radius 1 is 0.452 bits per heavy atom. The van der Waals surface area contributed by atoms with E-state index in [0.29, 0.717) is 76.3 Å². The monoisotopic (exact) mass is 1050 g/mol. The third-order valence-corrected chi connectivity index (χ3v) is 10.9. The van der Waals surface area contributed by atoms with Crippen molar-refractivity contribution in [3.8, 4) is 0 Å². The number of esters is 2. The van der Waals surface area contributed by atoms with Crippen molar-refractivity contribution in [3.63, 3.8) is 0 Å². The topological polar surface area (TPSA) is 250 Å². The van der Waals surface area contributed by atoms with Gasteiger partial charge in [-0.2, -0.15) is 0 Å². The number of unbranched alkanes of at least 4 members (excludes halogenated alkanes) is 11. The summed E-state index contributed by atoms with van der Waals surface area (Å²) in [7, 11) is 4.07. The standard InChI is InChI=1S/C53H98N4O16/c1-52(2,3)72-50(64)24-20-18-16-14-12-10-9-11-13-15-17-19-23-47(60)56-45(51(65)73-53(4,5)6)25-26-46(59)55-29-34-68-39-40-70-42-44(58)22-21-32-66-38-41-71-43-48(61)54-28-30-57(7,8)31-35-69-37-36-67-33-27-49(62)63/h45H,9-43H2,1-8H3,(H3-,54,55,56,59,60,61,62,63)/p+1/t45-/m0/s1. The number of carboxylic acid groups (broad SMARTS) is 1. The molecule has 4 N–H and O–H groups in total. The lowest BCUT2D eigenvalue weighted by atomic mass is 10.0. The number of carbonyl (C=O) groups excluding carboxylic acids is 6. The number of nitrogens with one attached hydrogen (secondary N) is 3. The van der Waals surface area contributed by atoms with Crippen LogP contribution >= 0.6 is 0 Å². The molecule has 0 aliphatic rings. The predicted molar refractivity (Wildman–Crippen MR) is 277 cm³/mol. The minimum atomic E-state index is -0.940. The smallest absolute Gasteiger partial charge is 0.329 e. The lowest BCUT2D eigenvalue weighted by molar-refractivity contribution is -0.889. The predicted octanol–water partition coefficient (Wildman–Crippen LogP) is 5.63. The van der Waals surface area contributed by atoms with Gasteiger partial charge in [0.15, 0.2) is 5.78 Å². The van der Waals surface area contributed by atoms with Gasteiger partial charge < -0.3 is 63.4 Å². The molecule has 73 heavy (non-hydrogen) atoms. The lowest BCUT2D eigenvalue weighted by Crippen LogP contribution is -2.47. The molecular formula is C53H99N4O16+. The minimum Gasteiger partial charge on any atom is -0.481 e. The number of nitrogens with zero attached hydrogens (tertiary/aromatic N) is 1. The summed E-state index contributed by atoms with van der Waals surface area (Å²) in [5.74, 6) is -2.39. The Hall–Kier alpha value is -3.79. The van der Waals surface area contributed by atoms with Crippen molar-refractivity contribution in [2.45, 2.75) is 181 Å². The minimum absolute atomic E-state index is 0.0135. The van der Waals surface area contributed by atoms with Crippen LogP contribution in [0.25, 0.3) is 0 Å². The van der Waals surface area contributed by atoms with Crippen LogP contribution in [0.3, 0.4) is 0 Å². The molecule has 0 unspecified atom stereocenters. The molecule has 0 aromatic carbocycles. The Morgan fingerprint density at radius 3 is 1.52 bits per heavy atom. The number of aliphatic carboxylic acids is 1. The van der Waals surface area contributed by atoms with Gasteiger partial charge in [0.1, 0.15) is 37.0 Å². The van der Waals surface area contributed by atoms with E-state index in [-0.39, 0.29) is 102 Å². The average Bonchev–Trinajstić information content (AvgIpc) is 3.29. The van der Waals surface area contributed by atoms with Gasteiger partial charge in [-0.1, -0.05) is 64.2 Å². The van der Waals surface area contributed by atoms with E-state index in [2.05, 4.69) is 16.0 Å². The summed E-state index contributed by atoms with van der Waals surface area (Å²) >= 11 is 0. The molecule has 0 rings (SSSR count). The molecule has 0 fully saturated rings. The molecule has 0 aliphatic heterocycles. The summed E-state index contributed by atoms with van der Waals surface area (Å²) in [6.45, 7) is 16.0. The van der Waals surface area contributed by atoms with E-state index in [4.69, 9.17) is 43.0 Å². The zero-order valence-corrected chi connectivity index (χ0v) is 46.3. The second-order valence-corrected chi connectivity index (χ2v) is 20.9. The summed E-state index contributed by atoms with van der Waals surface area (Å²) in [5.41, 5.74) is -1.17. The zero-order chi connectivity index (χ0) is 54.6. The number of carbonyl (C=O) groups is 7. The summed E-state index contributed by atoms with van der Waals surface area (Å²) in [6.07, 6.45) is 14.6. The molecule has 0 heterocycles. The van der Waals surface area contributed by atoms with Gasteiger partial charge in [-0.25, -0.2) is 4.79 Å². The van der Waals surface area contributed by atoms with Crippen LogP contribution in [0.15, 0.2) is 0 Å². The lowest BCUT2D eigenvalue weighted by Gasteiger charge is -2.29. The van der Waals surface area contributed by atoms with Crippen molar-refractivity contribution >= 4 is 41.4 Å². The number of hydrogen-bond donors (Lipinski definition) is 4. The molecule has 0 aromatic rings. The molecule has 1 atom stereocenters. The molecule has 0 bridgehead atoms. The number of carboxylic acids is 1. The molecule has 0 saturated carbocycles. The number of likely N-dealkylation sites (N-methyl/N-ethyl adjacent to an activating group) is 1. The van der Waals surface area contributed by atoms with Gasteiger partial charge in [0.05, 0.1) is 93.1 Å². The highest BCUT2D eigenvalue weighted by atomic mass is 16.6. The van der Waals surface area contributed by atoms with Gasteiger partial charge in [-0.15, -0.1) is 0 Å². The molecule has 0 spiro atoms. The molecule has 20 nitrogen and oxygen atoms in total. The highest BCUT2D eigenvalue weighted by Gasteiger charge is 2.27. The molecule has 0 aliphatic carbocycles. The van der Waals surface area contributed by atoms with Gasteiger partial charge in [0, 0.05) is 38.8 Å². The van der Waals surface area contributed by atoms with E-state index >= 15 is 0 Å². The average molecular weight is 1050 g/mol. The van der Waals surface area contributed by atoms with Gasteiger partial charge >= 0.3 is 17.9 Å². The van der Waals surface area contributed by atoms with Crippen LogP contribution < -0.4 is 16.0 Å².